The van der Waals surface area contributed by atoms with Gasteiger partial charge in [0, 0.05) is 26.4 Å². The van der Waals surface area contributed by atoms with E-state index >= 15 is 0 Å². The second-order valence-electron chi connectivity index (χ2n) is 2.81. The highest BCUT2D eigenvalue weighted by atomic mass is 16.3. The Hall–Kier alpha value is -1.03. The van der Waals surface area contributed by atoms with Crippen LogP contribution in [0.3, 0.4) is 0 Å². The van der Waals surface area contributed by atoms with Gasteiger partial charge in [-0.3, -0.25) is 4.68 Å². The molecule has 0 aromatic carbocycles. The molecule has 0 fully saturated rings. The Morgan fingerprint density at radius 1 is 1.67 bits per heavy atom. The van der Waals surface area contributed by atoms with Crippen LogP contribution in [0.5, 0.6) is 0 Å². The molecule has 0 saturated carbocycles. The van der Waals surface area contributed by atoms with Crippen molar-refractivity contribution >= 4 is 5.69 Å². The third kappa shape index (κ3) is 2.23. The molecule has 2 N–H and O–H groups in total. The van der Waals surface area contributed by atoms with Gasteiger partial charge in [-0.1, -0.05) is 0 Å². The number of anilines is 1. The van der Waals surface area contributed by atoms with Gasteiger partial charge in [0.15, 0.2) is 0 Å². The lowest BCUT2D eigenvalue weighted by atomic mass is 10.4. The largest absolute Gasteiger partial charge is 0.396 e. The third-order valence-electron chi connectivity index (χ3n) is 1.66. The van der Waals surface area contributed by atoms with Gasteiger partial charge < -0.3 is 10.4 Å². The highest BCUT2D eigenvalue weighted by Gasteiger charge is 2.00. The van der Waals surface area contributed by atoms with Gasteiger partial charge in [-0.05, 0) is 13.3 Å². The first-order valence-electron chi connectivity index (χ1n) is 4.09. The topological polar surface area (TPSA) is 50.1 Å². The molecule has 0 atom stereocenters. The minimum absolute atomic E-state index is 0.228. The summed E-state index contributed by atoms with van der Waals surface area (Å²) >= 11 is 0. The molecule has 0 aliphatic heterocycles. The number of nitrogens with one attached hydrogen (secondary N) is 1. The number of aryl methyl sites for hydroxylation is 2. The maximum Gasteiger partial charge on any atom is 0.0824 e. The fraction of sp³-hybridized carbons (Fsp3) is 0.625. The molecule has 0 spiro atoms. The number of nitrogens with zero attached hydrogens (tertiary/aromatic N) is 2. The van der Waals surface area contributed by atoms with E-state index in [0.717, 1.165) is 24.3 Å². The molecule has 4 heteroatoms. The number of aliphatic hydroxyl groups is 1. The third-order valence-corrected chi connectivity index (χ3v) is 1.66. The second-order valence-corrected chi connectivity index (χ2v) is 2.81. The molecule has 68 valence electrons. The fourth-order valence-corrected chi connectivity index (χ4v) is 1.08. The lowest BCUT2D eigenvalue weighted by molar-refractivity contribution is 0.292. The molecule has 1 heterocycles. The predicted molar refractivity (Wildman–Crippen MR) is 48.1 cm³/mol. The molecule has 1 aromatic rings. The average molecular weight is 169 g/mol. The van der Waals surface area contributed by atoms with Crippen molar-refractivity contribution in [2.24, 2.45) is 7.05 Å². The van der Waals surface area contributed by atoms with Gasteiger partial charge in [-0.25, -0.2) is 0 Å². The van der Waals surface area contributed by atoms with Crippen LogP contribution in [-0.4, -0.2) is 28.0 Å². The zero-order chi connectivity index (χ0) is 8.97. The molecule has 0 aliphatic carbocycles. The van der Waals surface area contributed by atoms with Crippen LogP contribution in [0.1, 0.15) is 12.1 Å². The molecule has 1 rings (SSSR count). The van der Waals surface area contributed by atoms with Crippen LogP contribution in [0.25, 0.3) is 0 Å². The van der Waals surface area contributed by atoms with Crippen LogP contribution in [0, 0.1) is 6.92 Å². The molecular formula is C8H15N3O. The van der Waals surface area contributed by atoms with Gasteiger partial charge in [-0.15, -0.1) is 0 Å². The Labute approximate surface area is 72.2 Å². The van der Waals surface area contributed by atoms with E-state index in [1.807, 2.05) is 20.2 Å². The summed E-state index contributed by atoms with van der Waals surface area (Å²) in [7, 11) is 1.89. The average Bonchev–Trinajstić information content (AvgIpc) is 2.31. The van der Waals surface area contributed by atoms with Crippen molar-refractivity contribution < 1.29 is 5.11 Å². The zero-order valence-electron chi connectivity index (χ0n) is 7.54. The van der Waals surface area contributed by atoms with Crippen molar-refractivity contribution in [1.82, 2.24) is 9.78 Å². The normalized spacial score (nSPS) is 10.2. The molecule has 1 aromatic heterocycles. The molecule has 0 aliphatic rings. The Bertz CT molecular complexity index is 244. The SMILES string of the molecule is Cc1nn(C)cc1NCCCO. The first kappa shape index (κ1) is 9.06. The minimum Gasteiger partial charge on any atom is -0.396 e. The van der Waals surface area contributed by atoms with Crippen molar-refractivity contribution in [1.29, 1.82) is 0 Å². The minimum atomic E-state index is 0.228. The number of aliphatic hydroxyl groups excluding tert-OH is 1. The first-order valence-corrected chi connectivity index (χ1v) is 4.09. The van der Waals surface area contributed by atoms with E-state index in [1.165, 1.54) is 0 Å². The van der Waals surface area contributed by atoms with Crippen LogP contribution in [0.4, 0.5) is 5.69 Å². The summed E-state index contributed by atoms with van der Waals surface area (Å²) in [5.74, 6) is 0. The van der Waals surface area contributed by atoms with E-state index in [0.29, 0.717) is 0 Å². The monoisotopic (exact) mass is 169 g/mol. The molecule has 0 amide bonds. The molecule has 4 nitrogen and oxygen atoms in total. The highest BCUT2D eigenvalue weighted by Crippen LogP contribution is 2.10. The molecule has 12 heavy (non-hydrogen) atoms. The molecule has 0 radical (unpaired) electrons. The van der Waals surface area contributed by atoms with E-state index in [4.69, 9.17) is 5.11 Å². The van der Waals surface area contributed by atoms with Crippen LogP contribution in [-0.2, 0) is 7.05 Å². The van der Waals surface area contributed by atoms with Gasteiger partial charge >= 0.3 is 0 Å². The molecule has 0 unspecified atom stereocenters. The van der Waals surface area contributed by atoms with Crippen molar-refractivity contribution in [3.63, 3.8) is 0 Å². The van der Waals surface area contributed by atoms with Gasteiger partial charge in [0.2, 0.25) is 0 Å². The van der Waals surface area contributed by atoms with E-state index in [2.05, 4.69) is 10.4 Å². The summed E-state index contributed by atoms with van der Waals surface area (Å²) in [6, 6.07) is 0. The summed E-state index contributed by atoms with van der Waals surface area (Å²) in [5, 5.41) is 15.9. The maximum absolute atomic E-state index is 8.56. The van der Waals surface area contributed by atoms with Crippen molar-refractivity contribution in [2.45, 2.75) is 13.3 Å². The van der Waals surface area contributed by atoms with Crippen LogP contribution in [0.15, 0.2) is 6.20 Å². The lowest BCUT2D eigenvalue weighted by Gasteiger charge is -2.01. The Balaban J connectivity index is 2.45. The van der Waals surface area contributed by atoms with Crippen LogP contribution < -0.4 is 5.32 Å². The van der Waals surface area contributed by atoms with Gasteiger partial charge in [0.25, 0.3) is 0 Å². The molecule has 0 saturated heterocycles. The van der Waals surface area contributed by atoms with Crippen molar-refractivity contribution in [3.8, 4) is 0 Å². The summed E-state index contributed by atoms with van der Waals surface area (Å²) in [6.45, 7) is 2.98. The predicted octanol–water partition coefficient (Wildman–Crippen LogP) is 0.523. The summed E-state index contributed by atoms with van der Waals surface area (Å²) in [4.78, 5) is 0. The second kappa shape index (κ2) is 4.11. The first-order chi connectivity index (χ1) is 5.74. The molecule has 0 bridgehead atoms. The quantitative estimate of drug-likeness (QED) is 0.646. The number of rotatable bonds is 4. The van der Waals surface area contributed by atoms with E-state index in [9.17, 15) is 0 Å². The number of aromatic nitrogens is 2. The molecular weight excluding hydrogens is 154 g/mol. The Morgan fingerprint density at radius 2 is 2.42 bits per heavy atom. The van der Waals surface area contributed by atoms with Crippen molar-refractivity contribution in [3.05, 3.63) is 11.9 Å². The summed E-state index contributed by atoms with van der Waals surface area (Å²) in [6.07, 6.45) is 2.71. The Morgan fingerprint density at radius 3 is 2.92 bits per heavy atom. The number of hydrogen-bond donors (Lipinski definition) is 2. The highest BCUT2D eigenvalue weighted by molar-refractivity contribution is 5.45. The fourth-order valence-electron chi connectivity index (χ4n) is 1.08. The standard InChI is InChI=1S/C8H15N3O/c1-7-8(6-11(2)10-7)9-4-3-5-12/h6,9,12H,3-5H2,1-2H3. The van der Waals surface area contributed by atoms with Crippen LogP contribution in [0.2, 0.25) is 0 Å². The van der Waals surface area contributed by atoms with Gasteiger partial charge in [0.1, 0.15) is 0 Å². The van der Waals surface area contributed by atoms with E-state index in [1.54, 1.807) is 4.68 Å². The summed E-state index contributed by atoms with van der Waals surface area (Å²) in [5.41, 5.74) is 2.04. The van der Waals surface area contributed by atoms with E-state index in [-0.39, 0.29) is 6.61 Å². The van der Waals surface area contributed by atoms with Crippen molar-refractivity contribution in [2.75, 3.05) is 18.5 Å². The van der Waals surface area contributed by atoms with Gasteiger partial charge in [-0.2, -0.15) is 5.10 Å². The maximum atomic E-state index is 8.56. The Kier molecular flexibility index (Phi) is 3.10. The number of hydrogen-bond acceptors (Lipinski definition) is 3. The smallest absolute Gasteiger partial charge is 0.0824 e. The lowest BCUT2D eigenvalue weighted by Crippen LogP contribution is -2.03. The zero-order valence-corrected chi connectivity index (χ0v) is 7.54. The van der Waals surface area contributed by atoms with E-state index < -0.39 is 0 Å². The van der Waals surface area contributed by atoms with Crippen LogP contribution >= 0.6 is 0 Å². The summed E-state index contributed by atoms with van der Waals surface area (Å²) < 4.78 is 1.77. The van der Waals surface area contributed by atoms with Gasteiger partial charge in [0.05, 0.1) is 11.4 Å².